The lowest BCUT2D eigenvalue weighted by Gasteiger charge is -2.34. The van der Waals surface area contributed by atoms with Crippen molar-refractivity contribution in [3.05, 3.63) is 23.3 Å². The third-order valence-electron chi connectivity index (χ3n) is 3.97. The molecule has 21 heavy (non-hydrogen) atoms. The Balaban J connectivity index is 1.49. The number of hydrogen-bond acceptors (Lipinski definition) is 5. The number of hydrogen-bond donors (Lipinski definition) is 1. The number of aryl methyl sites for hydroxylation is 3. The molecule has 114 valence electrons. The molecule has 1 aliphatic heterocycles. The number of nitrogens with one attached hydrogen (secondary N) is 1. The second-order valence-corrected chi connectivity index (χ2v) is 5.70. The highest BCUT2D eigenvalue weighted by Crippen LogP contribution is 2.11. The quantitative estimate of drug-likeness (QED) is 0.899. The topological polar surface area (TPSA) is 65.9 Å². The number of rotatable bonds is 4. The average molecular weight is 289 g/mol. The summed E-state index contributed by atoms with van der Waals surface area (Å²) >= 11 is 0. The molecule has 1 aliphatic rings. The second-order valence-electron chi connectivity index (χ2n) is 5.70. The van der Waals surface area contributed by atoms with Crippen molar-refractivity contribution in [2.45, 2.75) is 27.3 Å². The summed E-state index contributed by atoms with van der Waals surface area (Å²) in [5.74, 6) is 1.70. The molecule has 0 unspecified atom stereocenters. The van der Waals surface area contributed by atoms with Crippen LogP contribution in [0.4, 0.5) is 5.95 Å². The normalized spacial score (nSPS) is 16.6. The summed E-state index contributed by atoms with van der Waals surface area (Å²) in [6, 6.07) is 2.13. The van der Waals surface area contributed by atoms with Gasteiger partial charge in [0, 0.05) is 38.4 Å². The van der Waals surface area contributed by atoms with E-state index in [2.05, 4.69) is 47.8 Å². The van der Waals surface area contributed by atoms with Crippen molar-refractivity contribution in [1.29, 1.82) is 0 Å². The minimum atomic E-state index is 0.825. The molecular weight excluding hydrogens is 266 g/mol. The average Bonchev–Trinajstić information content (AvgIpc) is 3.03. The molecule has 2 aromatic heterocycles. The van der Waals surface area contributed by atoms with E-state index in [0.29, 0.717) is 0 Å². The number of H-pyrrole nitrogens is 1. The highest BCUT2D eigenvalue weighted by molar-refractivity contribution is 5.29. The summed E-state index contributed by atoms with van der Waals surface area (Å²) in [6.45, 7) is 12.1. The molecule has 0 bridgehead atoms. The standard InChI is InChI=1S/C14H23N7/c1-11-10-12(2)21(18-11)9-6-19-4-7-20(8-5-19)14-15-13(3)16-17-14/h10H,4-9H2,1-3H3,(H,15,16,17). The van der Waals surface area contributed by atoms with Crippen molar-refractivity contribution in [1.82, 2.24) is 29.9 Å². The lowest BCUT2D eigenvalue weighted by Crippen LogP contribution is -2.47. The molecule has 3 heterocycles. The van der Waals surface area contributed by atoms with Gasteiger partial charge < -0.3 is 4.90 Å². The zero-order valence-electron chi connectivity index (χ0n) is 13.0. The highest BCUT2D eigenvalue weighted by Gasteiger charge is 2.19. The van der Waals surface area contributed by atoms with E-state index in [-0.39, 0.29) is 0 Å². The molecule has 1 fully saturated rings. The minimum absolute atomic E-state index is 0.825. The number of anilines is 1. The van der Waals surface area contributed by atoms with Crippen molar-refractivity contribution < 1.29 is 0 Å². The fourth-order valence-corrected chi connectivity index (χ4v) is 2.78. The third kappa shape index (κ3) is 3.24. The number of aromatic amines is 1. The van der Waals surface area contributed by atoms with Crippen LogP contribution in [-0.2, 0) is 6.54 Å². The molecule has 0 saturated carbocycles. The third-order valence-corrected chi connectivity index (χ3v) is 3.97. The fraction of sp³-hybridized carbons (Fsp3) is 0.643. The zero-order chi connectivity index (χ0) is 14.8. The summed E-state index contributed by atoms with van der Waals surface area (Å²) in [5, 5.41) is 11.6. The second kappa shape index (κ2) is 5.85. The van der Waals surface area contributed by atoms with Gasteiger partial charge in [-0.3, -0.25) is 14.7 Å². The van der Waals surface area contributed by atoms with Crippen LogP contribution in [0.3, 0.4) is 0 Å². The summed E-state index contributed by atoms with van der Waals surface area (Å²) in [6.07, 6.45) is 0. The van der Waals surface area contributed by atoms with E-state index in [1.807, 2.05) is 13.8 Å². The fourth-order valence-electron chi connectivity index (χ4n) is 2.78. The summed E-state index contributed by atoms with van der Waals surface area (Å²) in [7, 11) is 0. The largest absolute Gasteiger partial charge is 0.337 e. The van der Waals surface area contributed by atoms with Gasteiger partial charge in [-0.25, -0.2) is 0 Å². The Kier molecular flexibility index (Phi) is 3.92. The smallest absolute Gasteiger partial charge is 0.244 e. The van der Waals surface area contributed by atoms with Crippen LogP contribution in [0.5, 0.6) is 0 Å². The molecule has 7 heteroatoms. The van der Waals surface area contributed by atoms with Gasteiger partial charge in [0.05, 0.1) is 12.2 Å². The Morgan fingerprint density at radius 2 is 1.86 bits per heavy atom. The molecule has 0 atom stereocenters. The molecule has 0 spiro atoms. The lowest BCUT2D eigenvalue weighted by atomic mass is 10.3. The minimum Gasteiger partial charge on any atom is -0.337 e. The maximum atomic E-state index is 4.52. The Hall–Kier alpha value is -1.89. The van der Waals surface area contributed by atoms with Crippen LogP contribution < -0.4 is 4.90 Å². The van der Waals surface area contributed by atoms with Gasteiger partial charge in [0.1, 0.15) is 5.82 Å². The molecule has 7 nitrogen and oxygen atoms in total. The maximum Gasteiger partial charge on any atom is 0.244 e. The molecule has 0 amide bonds. The van der Waals surface area contributed by atoms with Crippen molar-refractivity contribution in [2.24, 2.45) is 0 Å². The first kappa shape index (κ1) is 14.1. The Labute approximate surface area is 125 Å². The summed E-state index contributed by atoms with van der Waals surface area (Å²) in [4.78, 5) is 9.11. The van der Waals surface area contributed by atoms with Gasteiger partial charge in [0.2, 0.25) is 5.95 Å². The van der Waals surface area contributed by atoms with Crippen molar-refractivity contribution >= 4 is 5.95 Å². The van der Waals surface area contributed by atoms with E-state index >= 15 is 0 Å². The molecule has 1 saturated heterocycles. The van der Waals surface area contributed by atoms with Gasteiger partial charge in [-0.2, -0.15) is 10.1 Å². The first-order valence-electron chi connectivity index (χ1n) is 7.49. The van der Waals surface area contributed by atoms with Crippen molar-refractivity contribution in [3.8, 4) is 0 Å². The first-order chi connectivity index (χ1) is 10.1. The van der Waals surface area contributed by atoms with E-state index in [4.69, 9.17) is 0 Å². The van der Waals surface area contributed by atoms with E-state index in [0.717, 1.165) is 56.7 Å². The Morgan fingerprint density at radius 3 is 2.43 bits per heavy atom. The SMILES string of the molecule is Cc1cc(C)n(CCN2CCN(c3n[nH]c(C)n3)CC2)n1. The van der Waals surface area contributed by atoms with E-state index in [1.165, 1.54) is 5.69 Å². The first-order valence-corrected chi connectivity index (χ1v) is 7.49. The van der Waals surface area contributed by atoms with Crippen LogP contribution in [0.25, 0.3) is 0 Å². The Bertz CT molecular complexity index is 592. The van der Waals surface area contributed by atoms with Crippen molar-refractivity contribution in [2.75, 3.05) is 37.6 Å². The van der Waals surface area contributed by atoms with Gasteiger partial charge in [0.25, 0.3) is 0 Å². The molecule has 3 rings (SSSR count). The van der Waals surface area contributed by atoms with Gasteiger partial charge in [-0.05, 0) is 26.8 Å². The molecule has 1 N–H and O–H groups in total. The lowest BCUT2D eigenvalue weighted by molar-refractivity contribution is 0.242. The summed E-state index contributed by atoms with van der Waals surface area (Å²) < 4.78 is 2.10. The van der Waals surface area contributed by atoms with E-state index in [9.17, 15) is 0 Å². The Morgan fingerprint density at radius 1 is 1.10 bits per heavy atom. The number of aromatic nitrogens is 5. The molecule has 2 aromatic rings. The van der Waals surface area contributed by atoms with Gasteiger partial charge >= 0.3 is 0 Å². The van der Waals surface area contributed by atoms with Crippen LogP contribution in [-0.4, -0.2) is 62.6 Å². The highest BCUT2D eigenvalue weighted by atomic mass is 15.4. The maximum absolute atomic E-state index is 4.52. The molecular formula is C14H23N7. The number of nitrogens with zero attached hydrogens (tertiary/aromatic N) is 6. The van der Waals surface area contributed by atoms with E-state index < -0.39 is 0 Å². The zero-order valence-corrected chi connectivity index (χ0v) is 13.0. The van der Waals surface area contributed by atoms with Crippen LogP contribution in [0.1, 0.15) is 17.2 Å². The van der Waals surface area contributed by atoms with Crippen LogP contribution in [0.15, 0.2) is 6.07 Å². The molecule has 0 aliphatic carbocycles. The van der Waals surface area contributed by atoms with Gasteiger partial charge in [0.15, 0.2) is 0 Å². The van der Waals surface area contributed by atoms with Crippen LogP contribution in [0.2, 0.25) is 0 Å². The monoisotopic (exact) mass is 289 g/mol. The van der Waals surface area contributed by atoms with Gasteiger partial charge in [-0.1, -0.05) is 0 Å². The van der Waals surface area contributed by atoms with Crippen LogP contribution in [0, 0.1) is 20.8 Å². The predicted octanol–water partition coefficient (Wildman–Crippen LogP) is 0.749. The van der Waals surface area contributed by atoms with Gasteiger partial charge in [-0.15, -0.1) is 5.10 Å². The van der Waals surface area contributed by atoms with E-state index in [1.54, 1.807) is 0 Å². The molecule has 0 aromatic carbocycles. The number of piperazine rings is 1. The predicted molar refractivity (Wildman–Crippen MR) is 81.5 cm³/mol. The molecule has 0 radical (unpaired) electrons. The van der Waals surface area contributed by atoms with Crippen LogP contribution >= 0.6 is 0 Å². The summed E-state index contributed by atoms with van der Waals surface area (Å²) in [5.41, 5.74) is 2.33. The van der Waals surface area contributed by atoms with Crippen molar-refractivity contribution in [3.63, 3.8) is 0 Å².